The molecule has 0 aliphatic rings. The molecule has 0 heterocycles. The quantitative estimate of drug-likeness (QED) is 0.258. The molecule has 0 fully saturated rings. The number of hydrogen-bond acceptors (Lipinski definition) is 6. The van der Waals surface area contributed by atoms with Crippen molar-refractivity contribution >= 4 is 25.2 Å². The van der Waals surface area contributed by atoms with Gasteiger partial charge in [0.15, 0.2) is 39.6 Å². The van der Waals surface area contributed by atoms with Crippen LogP contribution in [0.25, 0.3) is 0 Å². The van der Waals surface area contributed by atoms with Crippen molar-refractivity contribution in [2.75, 3.05) is 14.2 Å². The summed E-state index contributed by atoms with van der Waals surface area (Å²) in [6.07, 6.45) is 3.94. The molecule has 2 rings (SSSR count). The van der Waals surface area contributed by atoms with E-state index >= 15 is 0 Å². The van der Waals surface area contributed by atoms with E-state index in [0.717, 1.165) is 48.9 Å². The van der Waals surface area contributed by atoms with E-state index in [1.165, 1.54) is 0 Å². The number of phenols is 2. The normalized spacial score (nSPS) is 12.6. The monoisotopic (exact) mass is 536 g/mol. The van der Waals surface area contributed by atoms with Crippen LogP contribution in [0.5, 0.6) is 23.0 Å². The minimum atomic E-state index is -2.26. The highest BCUT2D eigenvalue weighted by Gasteiger charge is 2.39. The molecule has 0 bridgehead atoms. The van der Waals surface area contributed by atoms with Gasteiger partial charge < -0.3 is 27.9 Å². The fourth-order valence-corrected chi connectivity index (χ4v) is 18.7. The summed E-state index contributed by atoms with van der Waals surface area (Å²) < 4.78 is 24.0. The van der Waals surface area contributed by atoms with Gasteiger partial charge in [0, 0.05) is 0 Å². The minimum Gasteiger partial charge on any atom is -0.504 e. The topological polar surface area (TPSA) is 77.4 Å². The average molecular weight is 537 g/mol. The van der Waals surface area contributed by atoms with Crippen molar-refractivity contribution in [2.45, 2.75) is 77.1 Å². The smallest absolute Gasteiger partial charge is 0.311 e. The standard InChI is InChI=1S/C26H44O6Si3/c1-29-25-19-21(13-15-23(25)27)11-9-17-33(3,4)31-35(7,8)32-34(5,6)18-10-12-22-14-16-24(28)26(20-22)30-2/h13-16,19-20,27-28H,9-12,17-18H2,1-8H3. The third-order valence-electron chi connectivity index (χ3n) is 6.02. The Morgan fingerprint density at radius 2 is 1.00 bits per heavy atom. The third-order valence-corrected chi connectivity index (χ3v) is 17.5. The summed E-state index contributed by atoms with van der Waals surface area (Å²) >= 11 is 0. The SMILES string of the molecule is COc1cc(CCC[Si](C)(C)O[Si](C)(C)O[Si](C)(C)CCCc2ccc(O)c(OC)c2)ccc1O. The maximum atomic E-state index is 9.79. The first-order chi connectivity index (χ1) is 16.3. The molecule has 0 atom stereocenters. The van der Waals surface area contributed by atoms with Crippen LogP contribution in [-0.2, 0) is 21.1 Å². The molecule has 196 valence electrons. The lowest BCUT2D eigenvalue weighted by atomic mass is 10.1. The van der Waals surface area contributed by atoms with Gasteiger partial charge in [0.2, 0.25) is 0 Å². The predicted octanol–water partition coefficient (Wildman–Crippen LogP) is 6.83. The van der Waals surface area contributed by atoms with Crippen LogP contribution in [0.3, 0.4) is 0 Å². The molecule has 0 aliphatic heterocycles. The zero-order chi connectivity index (χ0) is 26.3. The molecule has 0 unspecified atom stereocenters. The van der Waals surface area contributed by atoms with Crippen LogP contribution in [-0.4, -0.2) is 49.6 Å². The Morgan fingerprint density at radius 3 is 1.34 bits per heavy atom. The van der Waals surface area contributed by atoms with E-state index in [9.17, 15) is 10.2 Å². The van der Waals surface area contributed by atoms with Crippen molar-refractivity contribution in [3.63, 3.8) is 0 Å². The van der Waals surface area contributed by atoms with Gasteiger partial charge in [-0.25, -0.2) is 0 Å². The maximum Gasteiger partial charge on any atom is 0.311 e. The highest BCUT2D eigenvalue weighted by molar-refractivity contribution is 6.87. The van der Waals surface area contributed by atoms with Gasteiger partial charge in [-0.2, -0.15) is 0 Å². The Balaban J connectivity index is 1.83. The van der Waals surface area contributed by atoms with Crippen LogP contribution in [0.1, 0.15) is 24.0 Å². The van der Waals surface area contributed by atoms with Crippen molar-refractivity contribution in [1.82, 2.24) is 0 Å². The van der Waals surface area contributed by atoms with Gasteiger partial charge in [0.1, 0.15) is 0 Å². The number of benzene rings is 2. The van der Waals surface area contributed by atoms with Gasteiger partial charge >= 0.3 is 8.56 Å². The molecular formula is C26H44O6Si3. The summed E-state index contributed by atoms with van der Waals surface area (Å²) in [6, 6.07) is 13.2. The molecule has 0 radical (unpaired) electrons. The van der Waals surface area contributed by atoms with E-state index < -0.39 is 25.2 Å². The maximum absolute atomic E-state index is 9.79. The van der Waals surface area contributed by atoms with Crippen LogP contribution < -0.4 is 9.47 Å². The molecule has 2 aromatic carbocycles. The predicted molar refractivity (Wildman–Crippen MR) is 150 cm³/mol. The first kappa shape index (κ1) is 29.4. The van der Waals surface area contributed by atoms with E-state index in [-0.39, 0.29) is 11.5 Å². The number of ether oxygens (including phenoxy) is 2. The van der Waals surface area contributed by atoms with E-state index in [2.05, 4.69) is 39.3 Å². The summed E-state index contributed by atoms with van der Waals surface area (Å²) in [6.45, 7) is 13.5. The molecule has 0 saturated carbocycles. The largest absolute Gasteiger partial charge is 0.504 e. The van der Waals surface area contributed by atoms with E-state index in [0.29, 0.717) is 11.5 Å². The number of hydrogen-bond donors (Lipinski definition) is 2. The van der Waals surface area contributed by atoms with E-state index in [4.69, 9.17) is 17.7 Å². The minimum absolute atomic E-state index is 0.175. The Labute approximate surface area is 214 Å². The summed E-state index contributed by atoms with van der Waals surface area (Å²) in [4.78, 5) is 0. The van der Waals surface area contributed by atoms with Gasteiger partial charge in [-0.05, 0) is 112 Å². The van der Waals surface area contributed by atoms with Crippen molar-refractivity contribution in [3.8, 4) is 23.0 Å². The van der Waals surface area contributed by atoms with Crippen LogP contribution in [0.2, 0.25) is 51.4 Å². The van der Waals surface area contributed by atoms with Gasteiger partial charge in [-0.15, -0.1) is 0 Å². The molecule has 0 amide bonds. The van der Waals surface area contributed by atoms with Crippen molar-refractivity contribution in [3.05, 3.63) is 47.5 Å². The first-order valence-corrected chi connectivity index (χ1v) is 21.4. The molecule has 6 nitrogen and oxygen atoms in total. The van der Waals surface area contributed by atoms with Gasteiger partial charge in [0.05, 0.1) is 14.2 Å². The van der Waals surface area contributed by atoms with Crippen molar-refractivity contribution < 1.29 is 27.9 Å². The van der Waals surface area contributed by atoms with E-state index in [1.54, 1.807) is 26.4 Å². The molecule has 9 heteroatoms. The van der Waals surface area contributed by atoms with Crippen LogP contribution >= 0.6 is 0 Å². The number of aryl methyl sites for hydroxylation is 2. The lowest BCUT2D eigenvalue weighted by Gasteiger charge is -2.39. The second-order valence-electron chi connectivity index (χ2n) is 10.8. The first-order valence-electron chi connectivity index (χ1n) is 12.4. The summed E-state index contributed by atoms with van der Waals surface area (Å²) in [5.41, 5.74) is 2.33. The van der Waals surface area contributed by atoms with E-state index in [1.807, 2.05) is 24.3 Å². The average Bonchev–Trinajstić information content (AvgIpc) is 2.74. The fraction of sp³-hybridized carbons (Fsp3) is 0.538. The fourth-order valence-electron chi connectivity index (χ4n) is 4.65. The molecule has 0 spiro atoms. The lowest BCUT2D eigenvalue weighted by Crippen LogP contribution is -2.52. The molecule has 2 N–H and O–H groups in total. The summed E-state index contributed by atoms with van der Waals surface area (Å²) in [7, 11) is -2.88. The van der Waals surface area contributed by atoms with Crippen LogP contribution in [0.4, 0.5) is 0 Å². The number of methoxy groups -OCH3 is 2. The molecule has 35 heavy (non-hydrogen) atoms. The summed E-state index contributed by atoms with van der Waals surface area (Å²) in [5.74, 6) is 1.39. The van der Waals surface area contributed by atoms with Crippen molar-refractivity contribution in [2.24, 2.45) is 0 Å². The van der Waals surface area contributed by atoms with Crippen molar-refractivity contribution in [1.29, 1.82) is 0 Å². The molecule has 0 aromatic heterocycles. The Bertz CT molecular complexity index is 887. The Hall–Kier alpha value is -1.79. The second-order valence-corrected chi connectivity index (χ2v) is 23.3. The highest BCUT2D eigenvalue weighted by Crippen LogP contribution is 2.30. The number of rotatable bonds is 14. The number of aromatic hydroxyl groups is 2. The van der Waals surface area contributed by atoms with Gasteiger partial charge in [0.25, 0.3) is 0 Å². The van der Waals surface area contributed by atoms with Gasteiger partial charge in [-0.3, -0.25) is 0 Å². The molecular weight excluding hydrogens is 493 g/mol. The molecule has 0 saturated heterocycles. The lowest BCUT2D eigenvalue weighted by molar-refractivity contribution is 0.372. The zero-order valence-corrected chi connectivity index (χ0v) is 25.7. The Kier molecular flexibility index (Phi) is 10.5. The second kappa shape index (κ2) is 12.4. The molecule has 2 aromatic rings. The number of phenolic OH excluding ortho intramolecular Hbond substituents is 2. The summed E-state index contributed by atoms with van der Waals surface area (Å²) in [5, 5.41) is 19.6. The molecule has 0 aliphatic carbocycles. The van der Waals surface area contributed by atoms with Gasteiger partial charge in [-0.1, -0.05) is 12.1 Å². The Morgan fingerprint density at radius 1 is 0.629 bits per heavy atom. The highest BCUT2D eigenvalue weighted by atomic mass is 28.5. The van der Waals surface area contributed by atoms with Crippen LogP contribution in [0.15, 0.2) is 36.4 Å². The zero-order valence-electron chi connectivity index (χ0n) is 22.7. The van der Waals surface area contributed by atoms with Crippen LogP contribution in [0, 0.1) is 0 Å². The third kappa shape index (κ3) is 10.0.